The minimum Gasteiger partial charge on any atom is -0.489 e. The lowest BCUT2D eigenvalue weighted by atomic mass is 10.0. The molecule has 0 radical (unpaired) electrons. The molecule has 0 fully saturated rings. The number of hydrogen-bond acceptors (Lipinski definition) is 4. The Morgan fingerprint density at radius 1 is 0.871 bits per heavy atom. The molecule has 0 aliphatic rings. The summed E-state index contributed by atoms with van der Waals surface area (Å²) < 4.78 is 12.2. The molecule has 2 N–H and O–H groups in total. The molecule has 31 heavy (non-hydrogen) atoms. The lowest BCUT2D eigenvalue weighted by molar-refractivity contribution is 0.163. The minimum atomic E-state index is -0.620. The number of benzene rings is 3. The van der Waals surface area contributed by atoms with Crippen LogP contribution in [0.2, 0.25) is 0 Å². The van der Waals surface area contributed by atoms with E-state index in [1.54, 1.807) is 0 Å². The van der Waals surface area contributed by atoms with E-state index in [0.717, 1.165) is 33.9 Å². The first-order valence-electron chi connectivity index (χ1n) is 10.7. The maximum absolute atomic E-state index is 10.7. The summed E-state index contributed by atoms with van der Waals surface area (Å²) in [7, 11) is 0. The highest BCUT2D eigenvalue weighted by molar-refractivity contribution is 5.42. The van der Waals surface area contributed by atoms with E-state index in [1.807, 2.05) is 80.6 Å². The van der Waals surface area contributed by atoms with Gasteiger partial charge in [-0.25, -0.2) is 0 Å². The van der Waals surface area contributed by atoms with Crippen LogP contribution in [0.25, 0.3) is 0 Å². The predicted molar refractivity (Wildman–Crippen MR) is 126 cm³/mol. The molecule has 3 rings (SSSR count). The van der Waals surface area contributed by atoms with Crippen molar-refractivity contribution in [2.24, 2.45) is 0 Å². The maximum atomic E-state index is 10.7. The first-order valence-corrected chi connectivity index (χ1v) is 10.7. The van der Waals surface area contributed by atoms with E-state index in [4.69, 9.17) is 9.47 Å². The third-order valence-corrected chi connectivity index (χ3v) is 4.93. The highest BCUT2D eigenvalue weighted by atomic mass is 16.5. The molecule has 3 aromatic carbocycles. The van der Waals surface area contributed by atoms with Crippen LogP contribution in [-0.2, 0) is 6.61 Å². The Bertz CT molecular complexity index is 990. The van der Waals surface area contributed by atoms with Gasteiger partial charge in [-0.3, -0.25) is 0 Å². The Morgan fingerprint density at radius 2 is 1.61 bits per heavy atom. The third-order valence-electron chi connectivity index (χ3n) is 4.93. The van der Waals surface area contributed by atoms with Gasteiger partial charge in [0.15, 0.2) is 0 Å². The zero-order chi connectivity index (χ0) is 22.4. The standard InChI is InChI=1S/C27H33NO3/c1-19-9-12-23(13-10-19)30-18-22-16-21(25(29)17-28-27(3,4)5)11-14-26(22)31-24-8-6-7-20(2)15-24/h6-16,25,28-29H,17-18H2,1-5H3. The second-order valence-corrected chi connectivity index (χ2v) is 9.03. The molecule has 1 unspecified atom stereocenters. The zero-order valence-electron chi connectivity index (χ0n) is 19.1. The molecule has 1 atom stereocenters. The third kappa shape index (κ3) is 7.12. The van der Waals surface area contributed by atoms with Gasteiger partial charge in [-0.1, -0.05) is 35.9 Å². The van der Waals surface area contributed by atoms with E-state index in [1.165, 1.54) is 5.56 Å². The smallest absolute Gasteiger partial charge is 0.134 e. The minimum absolute atomic E-state index is 0.0629. The number of aryl methyl sites for hydroxylation is 2. The molecule has 0 spiro atoms. The van der Waals surface area contributed by atoms with Crippen molar-refractivity contribution in [2.45, 2.75) is 52.9 Å². The normalized spacial score (nSPS) is 12.5. The van der Waals surface area contributed by atoms with E-state index in [0.29, 0.717) is 13.2 Å². The van der Waals surface area contributed by atoms with E-state index in [-0.39, 0.29) is 5.54 Å². The van der Waals surface area contributed by atoms with Gasteiger partial charge in [-0.2, -0.15) is 0 Å². The Morgan fingerprint density at radius 3 is 2.29 bits per heavy atom. The molecule has 0 bridgehead atoms. The summed E-state index contributed by atoms with van der Waals surface area (Å²) in [5, 5.41) is 14.0. The second-order valence-electron chi connectivity index (χ2n) is 9.03. The largest absolute Gasteiger partial charge is 0.489 e. The van der Waals surface area contributed by atoms with E-state index in [2.05, 4.69) is 26.1 Å². The van der Waals surface area contributed by atoms with Crippen LogP contribution < -0.4 is 14.8 Å². The number of aliphatic hydroxyl groups is 1. The first kappa shape index (κ1) is 22.9. The number of rotatable bonds is 8. The van der Waals surface area contributed by atoms with Crippen LogP contribution in [0.3, 0.4) is 0 Å². The lowest BCUT2D eigenvalue weighted by Gasteiger charge is -2.23. The molecule has 4 nitrogen and oxygen atoms in total. The first-order chi connectivity index (χ1) is 14.7. The van der Waals surface area contributed by atoms with Gasteiger partial charge in [-0.05, 0) is 82.1 Å². The van der Waals surface area contributed by atoms with E-state index in [9.17, 15) is 5.11 Å². The monoisotopic (exact) mass is 419 g/mol. The number of nitrogens with one attached hydrogen (secondary N) is 1. The molecule has 0 aliphatic heterocycles. The summed E-state index contributed by atoms with van der Waals surface area (Å²) in [6, 6.07) is 21.7. The van der Waals surface area contributed by atoms with Crippen LogP contribution in [0.5, 0.6) is 17.2 Å². The van der Waals surface area contributed by atoms with Crippen molar-refractivity contribution in [3.05, 3.63) is 89.0 Å². The topological polar surface area (TPSA) is 50.7 Å². The van der Waals surface area contributed by atoms with Crippen LogP contribution in [0, 0.1) is 13.8 Å². The number of ether oxygens (including phenoxy) is 2. The van der Waals surface area contributed by atoms with Crippen molar-refractivity contribution >= 4 is 0 Å². The summed E-state index contributed by atoms with van der Waals surface area (Å²) in [5.74, 6) is 2.30. The Kier molecular flexibility index (Phi) is 7.37. The molecule has 164 valence electrons. The molecule has 4 heteroatoms. The van der Waals surface area contributed by atoms with Crippen LogP contribution in [-0.4, -0.2) is 17.2 Å². The molecule has 0 saturated heterocycles. The van der Waals surface area contributed by atoms with Gasteiger partial charge in [0, 0.05) is 17.6 Å². The lowest BCUT2D eigenvalue weighted by Crippen LogP contribution is -2.38. The van der Waals surface area contributed by atoms with Crippen molar-refractivity contribution in [1.82, 2.24) is 5.32 Å². The molecule has 0 aromatic heterocycles. The summed E-state index contributed by atoms with van der Waals surface area (Å²) in [4.78, 5) is 0. The molecule has 0 aliphatic carbocycles. The quantitative estimate of drug-likeness (QED) is 0.463. The summed E-state index contributed by atoms with van der Waals surface area (Å²) in [5.41, 5.74) is 3.97. The van der Waals surface area contributed by atoms with Gasteiger partial charge in [0.2, 0.25) is 0 Å². The fraction of sp³-hybridized carbons (Fsp3) is 0.333. The molecule has 0 saturated carbocycles. The average molecular weight is 420 g/mol. The fourth-order valence-corrected chi connectivity index (χ4v) is 3.14. The van der Waals surface area contributed by atoms with Crippen LogP contribution in [0.1, 0.15) is 49.1 Å². The molecule has 0 amide bonds. The van der Waals surface area contributed by atoms with Crippen molar-refractivity contribution in [3.63, 3.8) is 0 Å². The SMILES string of the molecule is Cc1ccc(OCc2cc(C(O)CNC(C)(C)C)ccc2Oc2cccc(C)c2)cc1. The Balaban J connectivity index is 1.83. The highest BCUT2D eigenvalue weighted by Gasteiger charge is 2.16. The van der Waals surface area contributed by atoms with Gasteiger partial charge in [0.1, 0.15) is 23.9 Å². The number of aliphatic hydroxyl groups excluding tert-OH is 1. The molecular weight excluding hydrogens is 386 g/mol. The summed E-state index contributed by atoms with van der Waals surface area (Å²) in [6.07, 6.45) is -0.620. The predicted octanol–water partition coefficient (Wildman–Crippen LogP) is 6.10. The average Bonchev–Trinajstić information content (AvgIpc) is 2.72. The second kappa shape index (κ2) is 9.99. The van der Waals surface area contributed by atoms with Crippen LogP contribution in [0.15, 0.2) is 66.7 Å². The van der Waals surface area contributed by atoms with Crippen LogP contribution in [0.4, 0.5) is 0 Å². The molecule has 0 heterocycles. The van der Waals surface area contributed by atoms with Gasteiger partial charge in [0.05, 0.1) is 6.10 Å². The summed E-state index contributed by atoms with van der Waals surface area (Å²) in [6.45, 7) is 11.2. The van der Waals surface area contributed by atoms with Gasteiger partial charge in [-0.15, -0.1) is 0 Å². The maximum Gasteiger partial charge on any atom is 0.134 e. The number of β-amino-alcohol motifs (C(OH)–C–C–N with tert-alkyl or cyclic N) is 1. The molecular formula is C27H33NO3. The van der Waals surface area contributed by atoms with Crippen molar-refractivity contribution in [2.75, 3.05) is 6.54 Å². The molecule has 3 aromatic rings. The van der Waals surface area contributed by atoms with Crippen molar-refractivity contribution < 1.29 is 14.6 Å². The van der Waals surface area contributed by atoms with E-state index < -0.39 is 6.10 Å². The Hall–Kier alpha value is -2.82. The fourth-order valence-electron chi connectivity index (χ4n) is 3.14. The summed E-state index contributed by atoms with van der Waals surface area (Å²) >= 11 is 0. The highest BCUT2D eigenvalue weighted by Crippen LogP contribution is 2.30. The van der Waals surface area contributed by atoms with Gasteiger partial charge in [0.25, 0.3) is 0 Å². The van der Waals surface area contributed by atoms with Gasteiger partial charge >= 0.3 is 0 Å². The van der Waals surface area contributed by atoms with Crippen molar-refractivity contribution in [1.29, 1.82) is 0 Å². The number of hydrogen-bond donors (Lipinski definition) is 2. The van der Waals surface area contributed by atoms with Crippen LogP contribution >= 0.6 is 0 Å². The Labute approximate surface area is 185 Å². The van der Waals surface area contributed by atoms with Gasteiger partial charge < -0.3 is 19.9 Å². The van der Waals surface area contributed by atoms with E-state index >= 15 is 0 Å². The zero-order valence-corrected chi connectivity index (χ0v) is 19.1. The van der Waals surface area contributed by atoms with Crippen molar-refractivity contribution in [3.8, 4) is 17.2 Å².